The number of likely N-dealkylation sites (N-methyl/N-ethyl adjacent to an activating group) is 1. The van der Waals surface area contributed by atoms with Gasteiger partial charge in [0.05, 0.1) is 27.7 Å². The molecule has 0 aliphatic heterocycles. The minimum atomic E-state index is -4.11. The van der Waals surface area contributed by atoms with Gasteiger partial charge in [0.1, 0.15) is 19.3 Å². The molecule has 0 heterocycles. The van der Waals surface area contributed by atoms with Crippen molar-refractivity contribution in [3.8, 4) is 0 Å². The predicted molar refractivity (Wildman–Crippen MR) is 188 cm³/mol. The summed E-state index contributed by atoms with van der Waals surface area (Å²) in [7, 11) is 1.85. The number of carbonyl (C=O) groups is 1. The fourth-order valence-electron chi connectivity index (χ4n) is 10.5. The van der Waals surface area contributed by atoms with Gasteiger partial charge in [0.15, 0.2) is 0 Å². The van der Waals surface area contributed by atoms with E-state index in [4.69, 9.17) is 13.8 Å². The summed E-state index contributed by atoms with van der Waals surface area (Å²) in [6.45, 7) is 15.6. The van der Waals surface area contributed by atoms with E-state index in [1.807, 2.05) is 21.1 Å². The molecule has 10 atom stereocenters. The summed E-state index contributed by atoms with van der Waals surface area (Å²) >= 11 is 0. The molecule has 9 heteroatoms. The van der Waals surface area contributed by atoms with E-state index in [0.29, 0.717) is 22.9 Å². The Morgan fingerprint density at radius 1 is 1.02 bits per heavy atom. The molecule has 3 saturated carbocycles. The van der Waals surface area contributed by atoms with E-state index in [-0.39, 0.29) is 42.6 Å². The zero-order chi connectivity index (χ0) is 33.9. The Morgan fingerprint density at radius 2 is 1.72 bits per heavy atom. The first-order valence-electron chi connectivity index (χ1n) is 18.8. The highest BCUT2D eigenvalue weighted by Gasteiger charge is 2.59. The van der Waals surface area contributed by atoms with E-state index < -0.39 is 7.82 Å². The van der Waals surface area contributed by atoms with Gasteiger partial charge < -0.3 is 19.6 Å². The van der Waals surface area contributed by atoms with Crippen molar-refractivity contribution < 1.29 is 38.0 Å². The molecular weight excluding hydrogens is 613 g/mol. The molecule has 2 N–H and O–H groups in total. The van der Waals surface area contributed by atoms with Crippen molar-refractivity contribution >= 4 is 13.8 Å². The monoisotopic (exact) mass is 683 g/mol. The smallest absolute Gasteiger partial charge is 0.472 e. The second kappa shape index (κ2) is 16.5. The molecule has 3 fully saturated rings. The van der Waals surface area contributed by atoms with Gasteiger partial charge in [-0.2, -0.15) is 0 Å². The number of hydrogen-bond acceptors (Lipinski definition) is 6. The lowest BCUT2D eigenvalue weighted by Crippen LogP contribution is -2.51. The van der Waals surface area contributed by atoms with E-state index in [1.54, 1.807) is 0 Å². The third kappa shape index (κ3) is 9.94. The lowest BCUT2D eigenvalue weighted by atomic mass is 9.47. The van der Waals surface area contributed by atoms with Gasteiger partial charge in [-0.3, -0.25) is 13.8 Å². The maximum atomic E-state index is 12.7. The van der Waals surface area contributed by atoms with Crippen molar-refractivity contribution in [3.05, 3.63) is 11.6 Å². The molecule has 4 aliphatic carbocycles. The topological polar surface area (TPSA) is 112 Å². The lowest BCUT2D eigenvalue weighted by Gasteiger charge is -2.58. The number of allylic oxidation sites excluding steroid dienone is 1. The minimum absolute atomic E-state index is 0. The maximum Gasteiger partial charge on any atom is 0.472 e. The largest absolute Gasteiger partial charge is 0.870 e. The molecule has 0 aromatic carbocycles. The number of hydrogen-bond donors (Lipinski definition) is 1. The number of quaternary nitrogens is 1. The zero-order valence-electron chi connectivity index (χ0n) is 31.3. The average Bonchev–Trinajstić information content (AvgIpc) is 3.32. The highest BCUT2D eigenvalue weighted by Crippen LogP contribution is 2.67. The molecule has 0 amide bonds. The quantitative estimate of drug-likeness (QED) is 0.0568. The molecule has 0 spiro atoms. The van der Waals surface area contributed by atoms with Crippen LogP contribution in [0.1, 0.15) is 125 Å². The summed E-state index contributed by atoms with van der Waals surface area (Å²) in [5.74, 6) is 5.48. The Kier molecular flexibility index (Phi) is 14.3. The van der Waals surface area contributed by atoms with E-state index in [1.165, 1.54) is 56.9 Å². The first-order valence-corrected chi connectivity index (χ1v) is 20.3. The average molecular weight is 684 g/mol. The molecule has 0 aromatic rings. The third-order valence-corrected chi connectivity index (χ3v) is 14.4. The number of esters is 1. The molecule has 0 radical (unpaired) electrons. The van der Waals surface area contributed by atoms with Crippen LogP contribution in [0.25, 0.3) is 0 Å². The predicted octanol–water partition coefficient (Wildman–Crippen LogP) is 9.02. The van der Waals surface area contributed by atoms with Gasteiger partial charge >= 0.3 is 13.8 Å². The molecule has 4 aliphatic rings. The summed E-state index contributed by atoms with van der Waals surface area (Å²) < 4.78 is 28.8. The Balaban J connectivity index is 0.00000600. The van der Waals surface area contributed by atoms with Crippen LogP contribution in [0, 0.1) is 52.3 Å². The number of phosphoric ester groups is 1. The standard InChI is InChI=1S/C38H68NO6P.H2O/c1-10-29(27(2)3)14-13-28(4)33-17-18-34-32-16-15-30-26-31(19-21-37(30,5)35(32)20-22-38(33,34)6)45-36(40)12-11-24-43-46(41,42)44-25-23-39(7,8)9;/h15,27-29,31-35H,10-14,16-26H2,1-9H3;1H2/t28-,29-,31?,32+,33-,34+,35+,37+,38-;/m1./s1. The first kappa shape index (κ1) is 40.7. The van der Waals surface area contributed by atoms with Crippen LogP contribution in [0.5, 0.6) is 0 Å². The number of fused-ring (bicyclic) bond motifs is 5. The van der Waals surface area contributed by atoms with E-state index in [9.17, 15) is 14.3 Å². The van der Waals surface area contributed by atoms with Crippen molar-refractivity contribution in [2.75, 3.05) is 40.9 Å². The SMILES string of the molecule is CC[C@H](CC[C@@H](C)[C@H]1CC[C@H]2[C@@H]3CC=C4CC(OC(=O)CCCOP(=O)(O)OCC[N+](C)(C)C)CC[C@]4(C)[C@H]3CC[C@]12C)C(C)C.[OH-]. The summed E-state index contributed by atoms with van der Waals surface area (Å²) in [6.07, 6.45) is 16.7. The van der Waals surface area contributed by atoms with Crippen LogP contribution in [0.3, 0.4) is 0 Å². The maximum absolute atomic E-state index is 12.7. The van der Waals surface area contributed by atoms with Crippen LogP contribution >= 0.6 is 7.82 Å². The second-order valence-corrected chi connectivity index (χ2v) is 19.0. The zero-order valence-corrected chi connectivity index (χ0v) is 32.2. The van der Waals surface area contributed by atoms with E-state index in [0.717, 1.165) is 60.7 Å². The molecule has 8 nitrogen and oxygen atoms in total. The summed E-state index contributed by atoms with van der Waals surface area (Å²) in [6, 6.07) is 0. The van der Waals surface area contributed by atoms with E-state index in [2.05, 4.69) is 47.6 Å². The second-order valence-electron chi connectivity index (χ2n) is 17.6. The molecule has 0 aromatic heterocycles. The van der Waals surface area contributed by atoms with E-state index >= 15 is 0 Å². The minimum Gasteiger partial charge on any atom is -0.870 e. The Hall–Kier alpha value is -0.760. The molecule has 47 heavy (non-hydrogen) atoms. The fourth-order valence-corrected chi connectivity index (χ4v) is 11.2. The van der Waals surface area contributed by atoms with Crippen LogP contribution in [0.4, 0.5) is 0 Å². The Labute approximate surface area is 287 Å². The molecular formula is C38H70NO7P. The lowest BCUT2D eigenvalue weighted by molar-refractivity contribution is -0.870. The highest BCUT2D eigenvalue weighted by atomic mass is 31.2. The van der Waals surface area contributed by atoms with Crippen molar-refractivity contribution in [3.63, 3.8) is 0 Å². The van der Waals surface area contributed by atoms with Crippen molar-refractivity contribution in [1.82, 2.24) is 0 Å². The summed E-state index contributed by atoms with van der Waals surface area (Å²) in [4.78, 5) is 22.6. The number of phosphoric acid groups is 1. The number of rotatable bonds is 16. The fraction of sp³-hybridized carbons (Fsp3) is 0.921. The molecule has 4 rings (SSSR count). The van der Waals surface area contributed by atoms with Gasteiger partial charge in [-0.05, 0) is 110 Å². The summed E-state index contributed by atoms with van der Waals surface area (Å²) in [5, 5.41) is 0. The molecule has 274 valence electrons. The highest BCUT2D eigenvalue weighted by molar-refractivity contribution is 7.47. The van der Waals surface area contributed by atoms with Crippen LogP contribution in [0.2, 0.25) is 0 Å². The number of carbonyl (C=O) groups excluding carboxylic acids is 1. The summed E-state index contributed by atoms with van der Waals surface area (Å²) in [5.41, 5.74) is 2.24. The Bertz CT molecular complexity index is 1100. The van der Waals surface area contributed by atoms with Crippen LogP contribution in [-0.2, 0) is 23.1 Å². The number of nitrogens with zero attached hydrogens (tertiary/aromatic N) is 1. The number of ether oxygens (including phenoxy) is 1. The van der Waals surface area contributed by atoms with Crippen molar-refractivity contribution in [2.45, 2.75) is 131 Å². The van der Waals surface area contributed by atoms with Gasteiger partial charge in [0.25, 0.3) is 0 Å². The van der Waals surface area contributed by atoms with Crippen LogP contribution < -0.4 is 0 Å². The van der Waals surface area contributed by atoms with Gasteiger partial charge in [-0.15, -0.1) is 0 Å². The van der Waals surface area contributed by atoms with Gasteiger partial charge in [0, 0.05) is 12.8 Å². The normalized spacial score (nSPS) is 34.6. The van der Waals surface area contributed by atoms with Gasteiger partial charge in [-0.25, -0.2) is 4.57 Å². The molecule has 0 saturated heterocycles. The molecule has 2 unspecified atom stereocenters. The van der Waals surface area contributed by atoms with Crippen LogP contribution in [-0.4, -0.2) is 67.8 Å². The van der Waals surface area contributed by atoms with Gasteiger partial charge in [0.2, 0.25) is 0 Å². The van der Waals surface area contributed by atoms with Crippen LogP contribution in [0.15, 0.2) is 11.6 Å². The third-order valence-electron chi connectivity index (χ3n) is 13.4. The van der Waals surface area contributed by atoms with Gasteiger partial charge in [-0.1, -0.05) is 66.0 Å². The first-order chi connectivity index (χ1) is 21.5. The van der Waals surface area contributed by atoms with Crippen molar-refractivity contribution in [1.29, 1.82) is 0 Å². The van der Waals surface area contributed by atoms with Crippen molar-refractivity contribution in [2.24, 2.45) is 52.3 Å². The Morgan fingerprint density at radius 3 is 2.38 bits per heavy atom. The molecule has 0 bridgehead atoms.